The van der Waals surface area contributed by atoms with Crippen molar-refractivity contribution in [3.8, 4) is 11.5 Å². The second-order valence-electron chi connectivity index (χ2n) is 10.0. The minimum Gasteiger partial charge on any atom is -0.494 e. The number of benzene rings is 3. The van der Waals surface area contributed by atoms with Gasteiger partial charge in [-0.25, -0.2) is 4.99 Å². The van der Waals surface area contributed by atoms with E-state index in [0.29, 0.717) is 17.7 Å². The summed E-state index contributed by atoms with van der Waals surface area (Å²) in [6.07, 6.45) is 7.04. The van der Waals surface area contributed by atoms with Crippen LogP contribution in [0.25, 0.3) is 12.2 Å². The SMILES string of the molecule is CCOc1ccc(/C=C2\CCCC3=C2N=c2s/c(=C/c4cccc(Br)c4)c(=O)n2C3c2ccc(OCC)cc2)cc1. The first kappa shape index (κ1) is 27.5. The average Bonchev–Trinajstić information content (AvgIpc) is 3.28. The van der Waals surface area contributed by atoms with E-state index in [0.717, 1.165) is 62.4 Å². The highest BCUT2D eigenvalue weighted by Crippen LogP contribution is 2.41. The molecule has 7 heteroatoms. The van der Waals surface area contributed by atoms with E-state index in [1.165, 1.54) is 22.5 Å². The number of ether oxygens (including phenoxy) is 2. The Labute approximate surface area is 251 Å². The molecule has 208 valence electrons. The number of fused-ring (bicyclic) bond motifs is 1. The number of hydrogen-bond acceptors (Lipinski definition) is 5. The van der Waals surface area contributed by atoms with E-state index in [4.69, 9.17) is 14.5 Å². The quantitative estimate of drug-likeness (QED) is 0.221. The lowest BCUT2D eigenvalue weighted by atomic mass is 9.84. The zero-order chi connectivity index (χ0) is 28.3. The fourth-order valence-electron chi connectivity index (χ4n) is 5.55. The number of rotatable bonds is 7. The molecule has 0 saturated heterocycles. The first-order valence-corrected chi connectivity index (χ1v) is 15.6. The summed E-state index contributed by atoms with van der Waals surface area (Å²) in [6, 6.07) is 24.1. The summed E-state index contributed by atoms with van der Waals surface area (Å²) in [6.45, 7) is 5.23. The minimum absolute atomic E-state index is 0.0122. The Kier molecular flexibility index (Phi) is 8.08. The predicted molar refractivity (Wildman–Crippen MR) is 169 cm³/mol. The first-order valence-electron chi connectivity index (χ1n) is 14.0. The molecule has 1 atom stereocenters. The second-order valence-corrected chi connectivity index (χ2v) is 12.0. The fraction of sp³-hybridized carbons (Fsp3) is 0.235. The maximum Gasteiger partial charge on any atom is 0.271 e. The van der Waals surface area contributed by atoms with E-state index in [2.05, 4.69) is 46.3 Å². The van der Waals surface area contributed by atoms with Gasteiger partial charge in [0, 0.05) is 4.47 Å². The molecule has 0 bridgehead atoms. The largest absolute Gasteiger partial charge is 0.494 e. The van der Waals surface area contributed by atoms with Gasteiger partial charge in [0.1, 0.15) is 11.5 Å². The maximum atomic E-state index is 14.0. The lowest BCUT2D eigenvalue weighted by Gasteiger charge is -2.31. The van der Waals surface area contributed by atoms with Gasteiger partial charge in [0.05, 0.1) is 29.5 Å². The zero-order valence-corrected chi connectivity index (χ0v) is 25.5. The summed E-state index contributed by atoms with van der Waals surface area (Å²) in [7, 11) is 0. The Hall–Kier alpha value is -3.68. The van der Waals surface area contributed by atoms with Crippen LogP contribution in [0, 0.1) is 0 Å². The zero-order valence-electron chi connectivity index (χ0n) is 23.1. The molecular weight excluding hydrogens is 596 g/mol. The highest BCUT2D eigenvalue weighted by molar-refractivity contribution is 9.10. The van der Waals surface area contributed by atoms with Crippen LogP contribution in [0.3, 0.4) is 0 Å². The molecule has 0 amide bonds. The van der Waals surface area contributed by atoms with Gasteiger partial charge in [0.15, 0.2) is 4.80 Å². The van der Waals surface area contributed by atoms with Gasteiger partial charge in [-0.2, -0.15) is 0 Å². The lowest BCUT2D eigenvalue weighted by molar-refractivity contribution is 0.340. The third kappa shape index (κ3) is 5.74. The first-order chi connectivity index (χ1) is 20.0. The van der Waals surface area contributed by atoms with Crippen molar-refractivity contribution in [1.82, 2.24) is 4.57 Å². The van der Waals surface area contributed by atoms with Crippen LogP contribution in [0.2, 0.25) is 0 Å². The van der Waals surface area contributed by atoms with Gasteiger partial charge in [-0.05, 0) is 109 Å². The van der Waals surface area contributed by atoms with Crippen molar-refractivity contribution in [2.24, 2.45) is 4.99 Å². The third-order valence-electron chi connectivity index (χ3n) is 7.32. The standard InChI is InChI=1S/C34H31BrN2O3S/c1-3-39-27-15-11-22(12-16-27)19-25-8-6-10-29-31(25)36-34-37(32(29)24-13-17-28(18-14-24)40-4-2)33(38)30(41-34)21-23-7-5-9-26(35)20-23/h5,7,9,11-21,32H,3-4,6,8,10H2,1-2H3/b25-19+,30-21+. The number of hydrogen-bond donors (Lipinski definition) is 0. The fourth-order valence-corrected chi connectivity index (χ4v) is 6.96. The van der Waals surface area contributed by atoms with Gasteiger partial charge < -0.3 is 9.47 Å². The molecule has 1 unspecified atom stereocenters. The van der Waals surface area contributed by atoms with Crippen LogP contribution in [0.15, 0.2) is 104 Å². The summed E-state index contributed by atoms with van der Waals surface area (Å²) >= 11 is 5.00. The van der Waals surface area contributed by atoms with Crippen molar-refractivity contribution in [3.05, 3.63) is 130 Å². The van der Waals surface area contributed by atoms with Crippen LogP contribution < -0.4 is 24.4 Å². The Morgan fingerprint density at radius 3 is 2.32 bits per heavy atom. The molecule has 6 rings (SSSR count). The van der Waals surface area contributed by atoms with E-state index in [1.54, 1.807) is 0 Å². The van der Waals surface area contributed by atoms with Gasteiger partial charge in [0.25, 0.3) is 5.56 Å². The van der Waals surface area contributed by atoms with Gasteiger partial charge in [-0.15, -0.1) is 0 Å². The van der Waals surface area contributed by atoms with Crippen molar-refractivity contribution in [2.75, 3.05) is 13.2 Å². The monoisotopic (exact) mass is 626 g/mol. The van der Waals surface area contributed by atoms with Crippen LogP contribution in [0.5, 0.6) is 11.5 Å². The molecule has 1 aliphatic carbocycles. The van der Waals surface area contributed by atoms with Crippen LogP contribution in [-0.2, 0) is 0 Å². The molecular formula is C34H31BrN2O3S. The molecule has 1 aliphatic heterocycles. The summed E-state index contributed by atoms with van der Waals surface area (Å²) < 4.78 is 14.9. The molecule has 0 fully saturated rings. The van der Waals surface area contributed by atoms with Crippen LogP contribution >= 0.6 is 27.3 Å². The van der Waals surface area contributed by atoms with Crippen LogP contribution in [0.1, 0.15) is 55.8 Å². The normalized spacial score (nSPS) is 17.7. The summed E-state index contributed by atoms with van der Waals surface area (Å²) in [5.41, 5.74) is 6.55. The smallest absolute Gasteiger partial charge is 0.271 e. The van der Waals surface area contributed by atoms with Gasteiger partial charge in [-0.1, -0.05) is 63.7 Å². The molecule has 2 aliphatic rings. The van der Waals surface area contributed by atoms with Crippen molar-refractivity contribution >= 4 is 39.4 Å². The number of thiazole rings is 1. The Morgan fingerprint density at radius 2 is 1.63 bits per heavy atom. The van der Waals surface area contributed by atoms with Gasteiger partial charge >= 0.3 is 0 Å². The molecule has 0 radical (unpaired) electrons. The van der Waals surface area contributed by atoms with Gasteiger partial charge in [0.2, 0.25) is 0 Å². The van der Waals surface area contributed by atoms with Crippen LogP contribution in [0.4, 0.5) is 0 Å². The molecule has 0 saturated carbocycles. The molecule has 3 aromatic carbocycles. The molecule has 2 heterocycles. The number of halogens is 1. The molecule has 5 nitrogen and oxygen atoms in total. The van der Waals surface area contributed by atoms with Crippen molar-refractivity contribution in [3.63, 3.8) is 0 Å². The number of aromatic nitrogens is 1. The number of nitrogens with zero attached hydrogens (tertiary/aromatic N) is 2. The summed E-state index contributed by atoms with van der Waals surface area (Å²) in [5, 5.41) is 0. The summed E-state index contributed by atoms with van der Waals surface area (Å²) in [5.74, 6) is 1.69. The molecule has 1 aromatic heterocycles. The van der Waals surface area contributed by atoms with Crippen LogP contribution in [-0.4, -0.2) is 17.8 Å². The van der Waals surface area contributed by atoms with Crippen molar-refractivity contribution < 1.29 is 9.47 Å². The van der Waals surface area contributed by atoms with E-state index in [9.17, 15) is 4.79 Å². The van der Waals surface area contributed by atoms with E-state index in [1.807, 2.05) is 73.0 Å². The third-order valence-corrected chi connectivity index (χ3v) is 8.79. The minimum atomic E-state index is -0.217. The lowest BCUT2D eigenvalue weighted by Crippen LogP contribution is -2.39. The van der Waals surface area contributed by atoms with E-state index in [-0.39, 0.29) is 11.6 Å². The molecule has 0 spiro atoms. The average molecular weight is 628 g/mol. The van der Waals surface area contributed by atoms with Crippen molar-refractivity contribution in [2.45, 2.75) is 39.2 Å². The van der Waals surface area contributed by atoms with Crippen molar-refractivity contribution in [1.29, 1.82) is 0 Å². The Morgan fingerprint density at radius 1 is 0.927 bits per heavy atom. The summed E-state index contributed by atoms with van der Waals surface area (Å²) in [4.78, 5) is 19.9. The topological polar surface area (TPSA) is 52.8 Å². The van der Waals surface area contributed by atoms with E-state index < -0.39 is 0 Å². The highest BCUT2D eigenvalue weighted by Gasteiger charge is 2.32. The molecule has 4 aromatic rings. The molecule has 0 N–H and O–H groups in total. The molecule has 41 heavy (non-hydrogen) atoms. The number of allylic oxidation sites excluding steroid dienone is 2. The second kappa shape index (κ2) is 12.0. The Balaban J connectivity index is 1.51. The van der Waals surface area contributed by atoms with E-state index >= 15 is 0 Å². The highest BCUT2D eigenvalue weighted by atomic mass is 79.9. The van der Waals surface area contributed by atoms with Gasteiger partial charge in [-0.3, -0.25) is 9.36 Å². The Bertz CT molecular complexity index is 1820. The predicted octanol–water partition coefficient (Wildman–Crippen LogP) is 7.04. The maximum absolute atomic E-state index is 14.0.